The fourth-order valence-corrected chi connectivity index (χ4v) is 1.13. The van der Waals surface area contributed by atoms with Crippen LogP contribution >= 0.6 is 0 Å². The Bertz CT molecular complexity index is 261. The van der Waals surface area contributed by atoms with Crippen LogP contribution in [-0.4, -0.2) is 18.3 Å². The maximum Gasteiger partial charge on any atom is 0.130 e. The molecule has 3 nitrogen and oxygen atoms in total. The second-order valence-corrected chi connectivity index (χ2v) is 3.20. The lowest BCUT2D eigenvalue weighted by Crippen LogP contribution is -3.00. The van der Waals surface area contributed by atoms with Gasteiger partial charge in [0.1, 0.15) is 17.9 Å². The highest BCUT2D eigenvalue weighted by Gasteiger charge is 2.14. The van der Waals surface area contributed by atoms with Crippen LogP contribution in [0, 0.1) is 0 Å². The summed E-state index contributed by atoms with van der Waals surface area (Å²) >= 11 is 0. The Balaban J connectivity index is 0.00000169. The molecule has 80 valence electrons. The van der Waals surface area contributed by atoms with E-state index in [0.717, 1.165) is 11.3 Å². The van der Waals surface area contributed by atoms with Crippen molar-refractivity contribution in [2.45, 2.75) is 19.1 Å². The number of halogens is 1. The molecule has 2 atom stereocenters. The molecular formula is C10H16ClNO2. The number of rotatable bonds is 3. The van der Waals surface area contributed by atoms with Crippen LogP contribution in [0.3, 0.4) is 0 Å². The second-order valence-electron chi connectivity index (χ2n) is 3.20. The zero-order valence-corrected chi connectivity index (χ0v) is 9.16. The molecule has 0 aliphatic rings. The molecule has 0 fully saturated rings. The van der Waals surface area contributed by atoms with Gasteiger partial charge in [0.25, 0.3) is 0 Å². The molecule has 0 amide bonds. The molecule has 4 N–H and O–H groups in total. The fraction of sp³-hybridized carbons (Fsp3) is 0.400. The number of hydrogen-bond donors (Lipinski definition) is 2. The fourth-order valence-electron chi connectivity index (χ4n) is 1.13. The van der Waals surface area contributed by atoms with Gasteiger partial charge in [-0.2, -0.15) is 0 Å². The Morgan fingerprint density at radius 3 is 2.14 bits per heavy atom. The van der Waals surface area contributed by atoms with Gasteiger partial charge in [-0.1, -0.05) is 12.1 Å². The van der Waals surface area contributed by atoms with Gasteiger partial charge in [0, 0.05) is 0 Å². The van der Waals surface area contributed by atoms with Crippen LogP contribution in [0.1, 0.15) is 18.6 Å². The van der Waals surface area contributed by atoms with Crippen molar-refractivity contribution < 1.29 is 28.0 Å². The Morgan fingerprint density at radius 2 is 1.79 bits per heavy atom. The van der Waals surface area contributed by atoms with E-state index >= 15 is 0 Å². The van der Waals surface area contributed by atoms with Crippen molar-refractivity contribution >= 4 is 0 Å². The minimum absolute atomic E-state index is 0. The molecule has 4 heteroatoms. The summed E-state index contributed by atoms with van der Waals surface area (Å²) in [6.45, 7) is 1.88. The largest absolute Gasteiger partial charge is 1.00 e. The first-order chi connectivity index (χ1) is 6.15. The summed E-state index contributed by atoms with van der Waals surface area (Å²) < 4.78 is 5.01. The van der Waals surface area contributed by atoms with Gasteiger partial charge >= 0.3 is 0 Å². The third-order valence-corrected chi connectivity index (χ3v) is 2.00. The molecule has 0 aromatic heterocycles. The Hall–Kier alpha value is -0.770. The highest BCUT2D eigenvalue weighted by atomic mass is 35.5. The lowest BCUT2D eigenvalue weighted by molar-refractivity contribution is -0.433. The maximum atomic E-state index is 9.66. The molecule has 0 aliphatic carbocycles. The van der Waals surface area contributed by atoms with Crippen molar-refractivity contribution in [3.8, 4) is 5.75 Å². The molecule has 0 aliphatic heterocycles. The summed E-state index contributed by atoms with van der Waals surface area (Å²) in [6.07, 6.45) is -0.495. The minimum atomic E-state index is -0.495. The molecule has 2 unspecified atom stereocenters. The first-order valence-corrected chi connectivity index (χ1v) is 4.30. The maximum absolute atomic E-state index is 9.66. The molecular weight excluding hydrogens is 202 g/mol. The quantitative estimate of drug-likeness (QED) is 0.582. The van der Waals surface area contributed by atoms with E-state index in [1.165, 1.54) is 0 Å². The molecule has 0 radical (unpaired) electrons. The van der Waals surface area contributed by atoms with E-state index in [9.17, 15) is 5.11 Å². The van der Waals surface area contributed by atoms with Gasteiger partial charge < -0.3 is 28.0 Å². The summed E-state index contributed by atoms with van der Waals surface area (Å²) in [4.78, 5) is 0. The molecule has 1 aromatic rings. The normalized spacial score (nSPS) is 14.0. The van der Waals surface area contributed by atoms with Crippen molar-refractivity contribution in [3.63, 3.8) is 0 Å². The van der Waals surface area contributed by atoms with Crippen LogP contribution in [0.4, 0.5) is 0 Å². The van der Waals surface area contributed by atoms with E-state index in [0.29, 0.717) is 0 Å². The first-order valence-electron chi connectivity index (χ1n) is 4.30. The topological polar surface area (TPSA) is 57.1 Å². The highest BCUT2D eigenvalue weighted by Crippen LogP contribution is 2.18. The Morgan fingerprint density at radius 1 is 1.29 bits per heavy atom. The highest BCUT2D eigenvalue weighted by molar-refractivity contribution is 5.28. The average molecular weight is 218 g/mol. The van der Waals surface area contributed by atoms with E-state index in [2.05, 4.69) is 5.73 Å². The molecule has 0 saturated carbocycles. The van der Waals surface area contributed by atoms with Crippen LogP contribution in [-0.2, 0) is 0 Å². The monoisotopic (exact) mass is 217 g/mol. The van der Waals surface area contributed by atoms with Crippen molar-refractivity contribution in [1.29, 1.82) is 0 Å². The van der Waals surface area contributed by atoms with Gasteiger partial charge in [-0.05, 0) is 24.6 Å². The van der Waals surface area contributed by atoms with Crippen LogP contribution in [0.5, 0.6) is 5.75 Å². The van der Waals surface area contributed by atoms with Gasteiger partial charge in [-0.3, -0.25) is 0 Å². The van der Waals surface area contributed by atoms with Gasteiger partial charge in [-0.15, -0.1) is 0 Å². The summed E-state index contributed by atoms with van der Waals surface area (Å²) in [7, 11) is 1.62. The summed E-state index contributed by atoms with van der Waals surface area (Å²) in [6, 6.07) is 7.37. The van der Waals surface area contributed by atoms with Crippen LogP contribution < -0.4 is 22.9 Å². The molecule has 0 spiro atoms. The molecule has 1 rings (SSSR count). The average Bonchev–Trinajstić information content (AvgIpc) is 2.17. The SMILES string of the molecule is COc1ccc(C(O)C(C)[NH3+])cc1.[Cl-]. The van der Waals surface area contributed by atoms with Crippen molar-refractivity contribution in [3.05, 3.63) is 29.8 Å². The molecule has 14 heavy (non-hydrogen) atoms. The standard InChI is InChI=1S/C10H15NO2.ClH/c1-7(11)10(12)8-3-5-9(13-2)6-4-8;/h3-7,10,12H,11H2,1-2H3;1H. The molecule has 0 heterocycles. The van der Waals surface area contributed by atoms with E-state index < -0.39 is 6.10 Å². The number of hydrogen-bond acceptors (Lipinski definition) is 2. The third-order valence-electron chi connectivity index (χ3n) is 2.00. The van der Waals surface area contributed by atoms with Crippen LogP contribution in [0.25, 0.3) is 0 Å². The summed E-state index contributed by atoms with van der Waals surface area (Å²) in [5.74, 6) is 0.799. The lowest BCUT2D eigenvalue weighted by atomic mass is 10.0. The van der Waals surface area contributed by atoms with E-state index in [4.69, 9.17) is 4.74 Å². The second kappa shape index (κ2) is 5.86. The Kier molecular flexibility index (Phi) is 5.53. The van der Waals surface area contributed by atoms with E-state index in [1.807, 2.05) is 31.2 Å². The number of methoxy groups -OCH3 is 1. The molecule has 1 aromatic carbocycles. The predicted octanol–water partition coefficient (Wildman–Crippen LogP) is -2.64. The van der Waals surface area contributed by atoms with Crippen LogP contribution in [0.2, 0.25) is 0 Å². The van der Waals surface area contributed by atoms with Gasteiger partial charge in [0.05, 0.1) is 7.11 Å². The van der Waals surface area contributed by atoms with Crippen molar-refractivity contribution in [2.24, 2.45) is 0 Å². The smallest absolute Gasteiger partial charge is 0.130 e. The zero-order valence-electron chi connectivity index (χ0n) is 8.40. The number of aliphatic hydroxyl groups excluding tert-OH is 1. The predicted molar refractivity (Wildman–Crippen MR) is 50.3 cm³/mol. The molecule has 0 saturated heterocycles. The van der Waals surface area contributed by atoms with Gasteiger partial charge in [0.15, 0.2) is 0 Å². The number of benzene rings is 1. The van der Waals surface area contributed by atoms with Gasteiger partial charge in [-0.25, -0.2) is 0 Å². The van der Waals surface area contributed by atoms with Gasteiger partial charge in [0.2, 0.25) is 0 Å². The van der Waals surface area contributed by atoms with Crippen molar-refractivity contribution in [2.75, 3.05) is 7.11 Å². The zero-order chi connectivity index (χ0) is 9.84. The summed E-state index contributed by atoms with van der Waals surface area (Å²) in [5.41, 5.74) is 4.65. The van der Waals surface area contributed by atoms with E-state index in [-0.39, 0.29) is 18.4 Å². The Labute approximate surface area is 90.3 Å². The first kappa shape index (κ1) is 13.2. The minimum Gasteiger partial charge on any atom is -1.00 e. The van der Waals surface area contributed by atoms with Crippen LogP contribution in [0.15, 0.2) is 24.3 Å². The van der Waals surface area contributed by atoms with Crippen molar-refractivity contribution in [1.82, 2.24) is 0 Å². The number of ether oxygens (including phenoxy) is 1. The number of quaternary nitrogens is 1. The molecule has 0 bridgehead atoms. The third kappa shape index (κ3) is 3.18. The lowest BCUT2D eigenvalue weighted by Gasteiger charge is -2.12. The summed E-state index contributed by atoms with van der Waals surface area (Å²) in [5, 5.41) is 9.66. The van der Waals surface area contributed by atoms with E-state index in [1.54, 1.807) is 7.11 Å². The number of aliphatic hydroxyl groups is 1.